The summed E-state index contributed by atoms with van der Waals surface area (Å²) >= 11 is 0. The lowest BCUT2D eigenvalue weighted by molar-refractivity contribution is 0.311. The minimum atomic E-state index is 0.0296. The third-order valence-corrected chi connectivity index (χ3v) is 9.33. The molecular formula is C32H42FN3. The van der Waals surface area contributed by atoms with Crippen LogP contribution in [0.4, 0.5) is 10.1 Å². The summed E-state index contributed by atoms with van der Waals surface area (Å²) in [5.74, 6) is 1.34. The minimum Gasteiger partial charge on any atom is -0.345 e. The first kappa shape index (κ1) is 25.2. The first-order chi connectivity index (χ1) is 17.3. The maximum atomic E-state index is 14.1. The van der Waals surface area contributed by atoms with Gasteiger partial charge in [0, 0.05) is 48.0 Å². The summed E-state index contributed by atoms with van der Waals surface area (Å²) in [5, 5.41) is 9.04. The Morgan fingerprint density at radius 2 is 1.97 bits per heavy atom. The van der Waals surface area contributed by atoms with Crippen molar-refractivity contribution in [1.82, 2.24) is 0 Å². The van der Waals surface area contributed by atoms with E-state index in [0.717, 1.165) is 47.6 Å². The minimum absolute atomic E-state index is 0.0296. The predicted molar refractivity (Wildman–Crippen MR) is 150 cm³/mol. The van der Waals surface area contributed by atoms with E-state index in [1.165, 1.54) is 56.2 Å². The summed E-state index contributed by atoms with van der Waals surface area (Å²) < 4.78 is 14.1. The SMILES string of the molecule is C=C(C1CC(F)=C1C)N(CC1CCC(CCC)(C(=C)CC)C1)c1cccc(C2=NN=C(C3CC3)C2)c1. The van der Waals surface area contributed by atoms with Crippen LogP contribution in [-0.2, 0) is 0 Å². The third-order valence-electron chi connectivity index (χ3n) is 9.33. The second kappa shape index (κ2) is 10.1. The highest BCUT2D eigenvalue weighted by Gasteiger charge is 2.41. The maximum Gasteiger partial charge on any atom is 0.101 e. The van der Waals surface area contributed by atoms with E-state index in [1.807, 2.05) is 6.92 Å². The Morgan fingerprint density at radius 3 is 2.64 bits per heavy atom. The van der Waals surface area contributed by atoms with Crippen molar-refractivity contribution < 1.29 is 4.39 Å². The molecule has 2 fully saturated rings. The number of nitrogens with zero attached hydrogens (tertiary/aromatic N) is 3. The van der Waals surface area contributed by atoms with Crippen LogP contribution < -0.4 is 4.90 Å². The van der Waals surface area contributed by atoms with Crippen LogP contribution in [0, 0.1) is 23.2 Å². The molecule has 1 aromatic rings. The van der Waals surface area contributed by atoms with Gasteiger partial charge in [0.25, 0.3) is 0 Å². The van der Waals surface area contributed by atoms with Gasteiger partial charge < -0.3 is 4.90 Å². The molecule has 0 N–H and O–H groups in total. The number of benzene rings is 1. The summed E-state index contributed by atoms with van der Waals surface area (Å²) in [5.41, 5.74) is 8.16. The average molecular weight is 488 g/mol. The number of anilines is 1. The fourth-order valence-electron chi connectivity index (χ4n) is 6.75. The molecule has 0 bridgehead atoms. The molecule has 1 aromatic carbocycles. The Bertz CT molecular complexity index is 1140. The first-order valence-electron chi connectivity index (χ1n) is 14.1. The van der Waals surface area contributed by atoms with Crippen molar-refractivity contribution in [2.24, 2.45) is 33.4 Å². The normalized spacial score (nSPS) is 27.6. The van der Waals surface area contributed by atoms with Crippen LogP contribution >= 0.6 is 0 Å². The summed E-state index contributed by atoms with van der Waals surface area (Å²) in [7, 11) is 0. The Morgan fingerprint density at radius 1 is 1.17 bits per heavy atom. The van der Waals surface area contributed by atoms with Gasteiger partial charge in [-0.15, -0.1) is 0 Å². The summed E-state index contributed by atoms with van der Waals surface area (Å²) in [6.45, 7) is 16.4. The lowest BCUT2D eigenvalue weighted by atomic mass is 9.74. The van der Waals surface area contributed by atoms with Gasteiger partial charge in [-0.1, -0.05) is 51.1 Å². The van der Waals surface area contributed by atoms with Crippen molar-refractivity contribution in [2.75, 3.05) is 11.4 Å². The number of hydrogen-bond donors (Lipinski definition) is 0. The quantitative estimate of drug-likeness (QED) is 0.287. The smallest absolute Gasteiger partial charge is 0.101 e. The van der Waals surface area contributed by atoms with Crippen LogP contribution in [0.1, 0.15) is 90.5 Å². The van der Waals surface area contributed by atoms with E-state index in [2.05, 4.69) is 66.4 Å². The molecule has 1 aliphatic heterocycles. The van der Waals surface area contributed by atoms with E-state index >= 15 is 0 Å². The van der Waals surface area contributed by atoms with Crippen LogP contribution in [-0.4, -0.2) is 18.0 Å². The molecule has 0 saturated heterocycles. The van der Waals surface area contributed by atoms with Gasteiger partial charge in [0.1, 0.15) is 5.83 Å². The van der Waals surface area contributed by atoms with Crippen LogP contribution in [0.5, 0.6) is 0 Å². The zero-order valence-corrected chi connectivity index (χ0v) is 22.5. The largest absolute Gasteiger partial charge is 0.345 e. The summed E-state index contributed by atoms with van der Waals surface area (Å²) in [6, 6.07) is 8.71. The molecule has 4 aliphatic rings. The fraction of sp³-hybridized carbons (Fsp3) is 0.562. The summed E-state index contributed by atoms with van der Waals surface area (Å²) in [6.07, 6.45) is 11.0. The molecule has 0 amide bonds. The molecule has 0 radical (unpaired) electrons. The van der Waals surface area contributed by atoms with Crippen LogP contribution in [0.2, 0.25) is 0 Å². The van der Waals surface area contributed by atoms with Gasteiger partial charge in [-0.2, -0.15) is 10.2 Å². The number of allylic oxidation sites excluding steroid dienone is 3. The van der Waals surface area contributed by atoms with E-state index in [1.54, 1.807) is 0 Å². The van der Waals surface area contributed by atoms with Crippen LogP contribution in [0.3, 0.4) is 0 Å². The molecule has 2 saturated carbocycles. The van der Waals surface area contributed by atoms with Crippen molar-refractivity contribution >= 4 is 17.1 Å². The molecule has 192 valence electrons. The molecule has 4 heteroatoms. The van der Waals surface area contributed by atoms with Crippen molar-refractivity contribution in [3.05, 3.63) is 65.7 Å². The molecule has 36 heavy (non-hydrogen) atoms. The van der Waals surface area contributed by atoms with Gasteiger partial charge in [0.05, 0.1) is 5.71 Å². The molecule has 3 unspecified atom stereocenters. The monoisotopic (exact) mass is 487 g/mol. The molecule has 0 aromatic heterocycles. The molecular weight excluding hydrogens is 445 g/mol. The van der Waals surface area contributed by atoms with Gasteiger partial charge in [-0.25, -0.2) is 4.39 Å². The second-order valence-corrected chi connectivity index (χ2v) is 11.7. The Hall–Kier alpha value is -2.49. The number of rotatable bonds is 11. The van der Waals surface area contributed by atoms with Crippen LogP contribution in [0.25, 0.3) is 0 Å². The van der Waals surface area contributed by atoms with Gasteiger partial charge in [-0.3, -0.25) is 0 Å². The van der Waals surface area contributed by atoms with Gasteiger partial charge in [0.2, 0.25) is 0 Å². The second-order valence-electron chi connectivity index (χ2n) is 11.7. The van der Waals surface area contributed by atoms with Crippen molar-refractivity contribution in [1.29, 1.82) is 0 Å². The molecule has 5 rings (SSSR count). The van der Waals surface area contributed by atoms with Gasteiger partial charge >= 0.3 is 0 Å². The van der Waals surface area contributed by atoms with Crippen LogP contribution in [0.15, 0.2) is 70.3 Å². The highest BCUT2D eigenvalue weighted by atomic mass is 19.1. The van der Waals surface area contributed by atoms with Gasteiger partial charge in [-0.05, 0) is 86.8 Å². The average Bonchev–Trinajstić information content (AvgIpc) is 3.48. The molecule has 3 nitrogen and oxygen atoms in total. The summed E-state index contributed by atoms with van der Waals surface area (Å²) in [4.78, 5) is 2.39. The zero-order valence-electron chi connectivity index (χ0n) is 22.5. The predicted octanol–water partition coefficient (Wildman–Crippen LogP) is 8.78. The lowest BCUT2D eigenvalue weighted by Crippen LogP contribution is -2.34. The number of halogens is 1. The zero-order chi connectivity index (χ0) is 25.4. The molecule has 3 aliphatic carbocycles. The van der Waals surface area contributed by atoms with E-state index in [-0.39, 0.29) is 17.2 Å². The third kappa shape index (κ3) is 4.76. The highest BCUT2D eigenvalue weighted by molar-refractivity contribution is 6.16. The number of hydrogen-bond acceptors (Lipinski definition) is 3. The lowest BCUT2D eigenvalue weighted by Gasteiger charge is -2.38. The standard InChI is InChI=1S/C32H42FN3/c1-6-14-32(21(3)7-2)15-13-24(19-32)20-36(23(5)28-17-29(33)22(28)4)27-10-8-9-26(16-27)31-18-30(34-35-31)25-11-12-25/h8-10,16,24-25,28H,3,5-7,11-15,17-20H2,1-2,4H3. The molecule has 3 atom stereocenters. The van der Waals surface area contributed by atoms with Gasteiger partial charge in [0.15, 0.2) is 0 Å². The fourth-order valence-corrected chi connectivity index (χ4v) is 6.75. The first-order valence-corrected chi connectivity index (χ1v) is 14.1. The Balaban J connectivity index is 1.38. The highest BCUT2D eigenvalue weighted by Crippen LogP contribution is 2.51. The van der Waals surface area contributed by atoms with Crippen molar-refractivity contribution in [3.63, 3.8) is 0 Å². The van der Waals surface area contributed by atoms with Crippen molar-refractivity contribution in [3.8, 4) is 0 Å². The molecule has 0 spiro atoms. The Labute approximate surface area is 217 Å². The van der Waals surface area contributed by atoms with E-state index in [0.29, 0.717) is 18.3 Å². The maximum absolute atomic E-state index is 14.1. The topological polar surface area (TPSA) is 28.0 Å². The van der Waals surface area contributed by atoms with E-state index < -0.39 is 0 Å². The van der Waals surface area contributed by atoms with Crippen molar-refractivity contribution in [2.45, 2.75) is 85.0 Å². The van der Waals surface area contributed by atoms with E-state index in [9.17, 15) is 4.39 Å². The van der Waals surface area contributed by atoms with E-state index in [4.69, 9.17) is 0 Å². The molecule has 1 heterocycles. The Kier molecular flexibility index (Phi) is 7.07.